The average Bonchev–Trinajstić information content (AvgIpc) is 3.26. The van der Waals surface area contributed by atoms with Gasteiger partial charge in [-0.15, -0.1) is 42.1 Å². The molecule has 45 heavy (non-hydrogen) atoms. The second-order valence-corrected chi connectivity index (χ2v) is 11.6. The third kappa shape index (κ3) is 13.5. The van der Waals surface area contributed by atoms with Crippen molar-refractivity contribution >= 4 is 5.69 Å². The third-order valence-corrected chi connectivity index (χ3v) is 7.26. The van der Waals surface area contributed by atoms with Gasteiger partial charge in [0, 0.05) is 12.7 Å². The fourth-order valence-electron chi connectivity index (χ4n) is 4.49. The predicted molar refractivity (Wildman–Crippen MR) is 191 cm³/mol. The Balaban J connectivity index is 0.000000370. The molecule has 1 atom stereocenters. The molecule has 0 spiro atoms. The molecule has 1 aromatic heterocycles. The number of para-hydroxylation sites is 1. The van der Waals surface area contributed by atoms with Crippen LogP contribution in [0.15, 0.2) is 109 Å². The molecular formula is C41H51N3Zr-. The Bertz CT molecular complexity index is 1380. The largest absolute Gasteiger partial charge is 3.00 e. The molecule has 0 aliphatic rings. The van der Waals surface area contributed by atoms with Gasteiger partial charge < -0.3 is 5.32 Å². The van der Waals surface area contributed by atoms with E-state index in [2.05, 4.69) is 92.5 Å². The van der Waals surface area contributed by atoms with Crippen LogP contribution in [-0.2, 0) is 33.3 Å². The number of aromatic nitrogens is 2. The summed E-state index contributed by atoms with van der Waals surface area (Å²) in [7, 11) is 2.00. The predicted octanol–water partition coefficient (Wildman–Crippen LogP) is 11.7. The number of nitrogens with zero attached hydrogens (tertiary/aromatic N) is 3. The zero-order valence-electron chi connectivity index (χ0n) is 28.6. The fourth-order valence-corrected chi connectivity index (χ4v) is 4.49. The van der Waals surface area contributed by atoms with Gasteiger partial charge in [-0.2, -0.15) is 79.0 Å². The van der Waals surface area contributed by atoms with Crippen molar-refractivity contribution in [3.05, 3.63) is 180 Å². The molecule has 3 nitrogen and oxygen atoms in total. The quantitative estimate of drug-likeness (QED) is 0.171. The van der Waals surface area contributed by atoms with Crippen molar-refractivity contribution in [2.75, 3.05) is 0 Å². The molecule has 0 amide bonds. The van der Waals surface area contributed by atoms with Gasteiger partial charge in [0.05, 0.1) is 5.69 Å². The summed E-state index contributed by atoms with van der Waals surface area (Å²) in [5, 5.41) is 9.79. The van der Waals surface area contributed by atoms with Gasteiger partial charge >= 0.3 is 26.2 Å². The molecule has 0 N–H and O–H groups in total. The molecule has 5 aromatic rings. The molecule has 0 saturated heterocycles. The number of hydrogen-bond donors (Lipinski definition) is 0. The summed E-state index contributed by atoms with van der Waals surface area (Å²) in [5.41, 5.74) is 10.6. The van der Waals surface area contributed by atoms with Gasteiger partial charge in [-0.1, -0.05) is 88.2 Å². The minimum atomic E-state index is 0. The Labute approximate surface area is 293 Å². The van der Waals surface area contributed by atoms with Crippen LogP contribution in [0, 0.1) is 34.6 Å². The topological polar surface area (TPSA) is 31.9 Å². The normalized spacial score (nSPS) is 10.6. The first-order valence-electron chi connectivity index (χ1n) is 15.4. The number of benzene rings is 4. The monoisotopic (exact) mass is 675 g/mol. The van der Waals surface area contributed by atoms with Gasteiger partial charge in [-0.25, -0.2) is 0 Å². The number of rotatable bonds is 5. The van der Waals surface area contributed by atoms with Crippen molar-refractivity contribution < 1.29 is 26.2 Å². The summed E-state index contributed by atoms with van der Waals surface area (Å²) in [5.74, 6) is 0.928. The Morgan fingerprint density at radius 2 is 0.933 bits per heavy atom. The van der Waals surface area contributed by atoms with Crippen LogP contribution in [-0.4, -0.2) is 9.78 Å². The van der Waals surface area contributed by atoms with Crippen LogP contribution in [0.3, 0.4) is 0 Å². The van der Waals surface area contributed by atoms with Gasteiger partial charge in [-0.3, -0.25) is 4.68 Å². The molecule has 0 fully saturated rings. The molecule has 1 radical (unpaired) electrons. The Morgan fingerprint density at radius 1 is 0.578 bits per heavy atom. The van der Waals surface area contributed by atoms with E-state index >= 15 is 0 Å². The molecule has 4 heteroatoms. The smallest absolute Gasteiger partial charge is 0.677 e. The van der Waals surface area contributed by atoms with E-state index in [1.165, 1.54) is 22.4 Å². The maximum Gasteiger partial charge on any atom is 3.00 e. The minimum absolute atomic E-state index is 0. The van der Waals surface area contributed by atoms with E-state index in [0.717, 1.165) is 28.1 Å². The van der Waals surface area contributed by atoms with E-state index in [1.54, 1.807) is 0 Å². The zero-order valence-corrected chi connectivity index (χ0v) is 31.0. The van der Waals surface area contributed by atoms with E-state index < -0.39 is 0 Å². The SMILES string of the molecule is Cc1c(C(C)[N-]c2c(C(C)C)cccc2C(C)C)nn(C)c1C.[CH2-]c1ccccc1.[CH2-]c1ccccc1.[CH2-]c1ccccc1.[Zr+3]. The van der Waals surface area contributed by atoms with Crippen LogP contribution in [0.4, 0.5) is 5.69 Å². The summed E-state index contributed by atoms with van der Waals surface area (Å²) in [6.45, 7) is 26.5. The van der Waals surface area contributed by atoms with Gasteiger partial charge in [-0.05, 0) is 31.2 Å². The molecule has 0 bridgehead atoms. The van der Waals surface area contributed by atoms with Crippen LogP contribution in [0.25, 0.3) is 5.32 Å². The van der Waals surface area contributed by atoms with Crippen molar-refractivity contribution in [2.45, 2.75) is 66.3 Å². The maximum atomic E-state index is 5.11. The summed E-state index contributed by atoms with van der Waals surface area (Å²) in [6, 6.07) is 36.3. The first-order chi connectivity index (χ1) is 20.9. The number of aryl methyl sites for hydroxylation is 1. The Hall–Kier alpha value is -3.62. The minimum Gasteiger partial charge on any atom is -0.677 e. The first-order valence-corrected chi connectivity index (χ1v) is 15.4. The van der Waals surface area contributed by atoms with E-state index in [9.17, 15) is 0 Å². The van der Waals surface area contributed by atoms with Crippen molar-refractivity contribution in [1.82, 2.24) is 9.78 Å². The van der Waals surface area contributed by atoms with Crippen molar-refractivity contribution in [2.24, 2.45) is 7.05 Å². The maximum absolute atomic E-state index is 5.11. The molecule has 1 unspecified atom stereocenters. The first kappa shape index (κ1) is 39.4. The standard InChI is InChI=1S/C20H30N3.3C7H7.Zr/c1-12(2)17-10-9-11-18(13(3)4)20(17)21-15(6)19-14(5)16(7)23(8)22-19;3*1-7-5-3-2-4-6-7;/h9-13,15H,1-8H3;3*2-6H,1H2;/q4*-1;+3. The van der Waals surface area contributed by atoms with E-state index in [4.69, 9.17) is 5.32 Å². The van der Waals surface area contributed by atoms with E-state index in [0.29, 0.717) is 11.8 Å². The van der Waals surface area contributed by atoms with E-state index in [1.807, 2.05) is 103 Å². The Morgan fingerprint density at radius 3 is 1.18 bits per heavy atom. The molecule has 5 rings (SSSR count). The van der Waals surface area contributed by atoms with Crippen LogP contribution in [0.5, 0.6) is 0 Å². The second-order valence-electron chi connectivity index (χ2n) is 11.6. The molecular weight excluding hydrogens is 626 g/mol. The molecule has 4 aromatic carbocycles. The van der Waals surface area contributed by atoms with E-state index in [-0.39, 0.29) is 32.2 Å². The third-order valence-electron chi connectivity index (χ3n) is 7.26. The van der Waals surface area contributed by atoms with Crippen LogP contribution in [0.2, 0.25) is 0 Å². The summed E-state index contributed by atoms with van der Waals surface area (Å²) >= 11 is 0. The number of hydrogen-bond acceptors (Lipinski definition) is 1. The van der Waals surface area contributed by atoms with Gasteiger partial charge in [0.25, 0.3) is 0 Å². The van der Waals surface area contributed by atoms with Gasteiger partial charge in [0.15, 0.2) is 0 Å². The summed E-state index contributed by atoms with van der Waals surface area (Å²) in [6.07, 6.45) is 0. The van der Waals surface area contributed by atoms with Crippen LogP contribution >= 0.6 is 0 Å². The van der Waals surface area contributed by atoms with Crippen LogP contribution in [0.1, 0.15) is 97.3 Å². The van der Waals surface area contributed by atoms with Gasteiger partial charge in [0.2, 0.25) is 0 Å². The van der Waals surface area contributed by atoms with Crippen molar-refractivity contribution in [1.29, 1.82) is 0 Å². The summed E-state index contributed by atoms with van der Waals surface area (Å²) < 4.78 is 1.95. The molecule has 235 valence electrons. The van der Waals surface area contributed by atoms with Crippen molar-refractivity contribution in [3.8, 4) is 0 Å². The molecule has 0 aliphatic carbocycles. The Kier molecular flexibility index (Phi) is 17.9. The van der Waals surface area contributed by atoms with Crippen LogP contribution < -0.4 is 0 Å². The molecule has 1 heterocycles. The van der Waals surface area contributed by atoms with Gasteiger partial charge in [0.1, 0.15) is 0 Å². The zero-order chi connectivity index (χ0) is 32.6. The summed E-state index contributed by atoms with van der Waals surface area (Å²) in [4.78, 5) is 0. The average molecular weight is 677 g/mol. The fraction of sp³-hybridized carbons (Fsp3) is 0.268. The second kappa shape index (κ2) is 20.4. The molecule has 0 aliphatic heterocycles. The van der Waals surface area contributed by atoms with Crippen molar-refractivity contribution in [3.63, 3.8) is 0 Å². The molecule has 0 saturated carbocycles.